The molecule has 0 amide bonds. The van der Waals surface area contributed by atoms with Gasteiger partial charge in [0.15, 0.2) is 0 Å². The smallest absolute Gasteiger partial charge is 0.146 e. The van der Waals surface area contributed by atoms with Gasteiger partial charge in [-0.15, -0.1) is 0 Å². The number of aliphatic hydroxyl groups is 1. The van der Waals surface area contributed by atoms with Crippen molar-refractivity contribution in [3.8, 4) is 0 Å². The molecule has 1 unspecified atom stereocenters. The number of aryl methyl sites for hydroxylation is 1. The maximum atomic E-state index is 10.0. The lowest BCUT2D eigenvalue weighted by Crippen LogP contribution is -2.05. The molecule has 5 heteroatoms. The van der Waals surface area contributed by atoms with Crippen LogP contribution in [0, 0.1) is 5.92 Å². The minimum absolute atomic E-state index is 0.296. The van der Waals surface area contributed by atoms with E-state index in [-0.39, 0.29) is 6.10 Å². The average molecular weight is 232 g/mol. The van der Waals surface area contributed by atoms with E-state index >= 15 is 0 Å². The van der Waals surface area contributed by atoms with Gasteiger partial charge in [-0.2, -0.15) is 5.10 Å². The Balaban J connectivity index is 1.74. The maximum Gasteiger partial charge on any atom is 0.146 e. The van der Waals surface area contributed by atoms with Gasteiger partial charge in [0.25, 0.3) is 0 Å². The molecule has 2 heterocycles. The summed E-state index contributed by atoms with van der Waals surface area (Å²) in [4.78, 5) is 4.18. The van der Waals surface area contributed by atoms with Gasteiger partial charge in [-0.3, -0.25) is 4.68 Å². The Morgan fingerprint density at radius 2 is 2.35 bits per heavy atom. The Hall–Kier alpha value is -1.62. The van der Waals surface area contributed by atoms with E-state index in [1.54, 1.807) is 11.0 Å². The van der Waals surface area contributed by atoms with Gasteiger partial charge in [-0.05, 0) is 30.4 Å². The fourth-order valence-electron chi connectivity index (χ4n) is 2.04. The van der Waals surface area contributed by atoms with Crippen LogP contribution in [0.1, 0.15) is 30.3 Å². The first-order chi connectivity index (χ1) is 8.24. The third kappa shape index (κ3) is 2.10. The van der Waals surface area contributed by atoms with Crippen LogP contribution in [0.25, 0.3) is 0 Å². The van der Waals surface area contributed by atoms with Crippen molar-refractivity contribution in [1.82, 2.24) is 19.3 Å². The maximum absolute atomic E-state index is 10.0. The molecule has 0 aliphatic heterocycles. The standard InChI is InChI=1S/C12H16N4O/c1-15-11(13-8-14-15)7-16-5-4-10(6-16)12(17)9-2-3-9/h4-6,8-9,12,17H,2-3,7H2,1H3. The quantitative estimate of drug-likeness (QED) is 0.859. The molecule has 3 rings (SSSR count). The molecule has 1 aliphatic rings. The molecule has 0 spiro atoms. The van der Waals surface area contributed by atoms with E-state index in [0.717, 1.165) is 24.2 Å². The van der Waals surface area contributed by atoms with E-state index in [1.165, 1.54) is 0 Å². The van der Waals surface area contributed by atoms with Gasteiger partial charge < -0.3 is 9.67 Å². The molecule has 1 N–H and O–H groups in total. The molecule has 1 saturated carbocycles. The van der Waals surface area contributed by atoms with Gasteiger partial charge >= 0.3 is 0 Å². The lowest BCUT2D eigenvalue weighted by Gasteiger charge is -2.06. The number of rotatable bonds is 4. The highest BCUT2D eigenvalue weighted by Crippen LogP contribution is 2.40. The molecule has 1 atom stereocenters. The molecule has 90 valence electrons. The van der Waals surface area contributed by atoms with Gasteiger partial charge in [0.1, 0.15) is 12.2 Å². The van der Waals surface area contributed by atoms with Crippen molar-refractivity contribution >= 4 is 0 Å². The Kier molecular flexibility index (Phi) is 2.48. The van der Waals surface area contributed by atoms with E-state index in [1.807, 2.05) is 30.1 Å². The third-order valence-electron chi connectivity index (χ3n) is 3.31. The van der Waals surface area contributed by atoms with Crippen LogP contribution in [0.2, 0.25) is 0 Å². The Labute approximate surface area is 99.7 Å². The summed E-state index contributed by atoms with van der Waals surface area (Å²) in [6.07, 6.45) is 7.54. The summed E-state index contributed by atoms with van der Waals surface area (Å²) in [7, 11) is 1.88. The van der Waals surface area contributed by atoms with Crippen molar-refractivity contribution in [2.75, 3.05) is 0 Å². The second-order valence-electron chi connectivity index (χ2n) is 4.70. The van der Waals surface area contributed by atoms with Crippen molar-refractivity contribution in [3.05, 3.63) is 36.2 Å². The molecular formula is C12H16N4O. The summed E-state index contributed by atoms with van der Waals surface area (Å²) in [5.74, 6) is 1.38. The zero-order valence-electron chi connectivity index (χ0n) is 9.82. The van der Waals surface area contributed by atoms with Crippen LogP contribution in [0.5, 0.6) is 0 Å². The van der Waals surface area contributed by atoms with E-state index in [0.29, 0.717) is 12.5 Å². The molecule has 1 fully saturated rings. The first-order valence-electron chi connectivity index (χ1n) is 5.90. The first kappa shape index (κ1) is 10.5. The van der Waals surface area contributed by atoms with E-state index in [9.17, 15) is 5.11 Å². The summed E-state index contributed by atoms with van der Waals surface area (Å²) in [6, 6.07) is 1.99. The molecule has 0 aromatic carbocycles. The summed E-state index contributed by atoms with van der Waals surface area (Å²) in [6.45, 7) is 0.688. The number of aromatic nitrogens is 4. The molecule has 17 heavy (non-hydrogen) atoms. The van der Waals surface area contributed by atoms with Crippen LogP contribution in [0.15, 0.2) is 24.8 Å². The lowest BCUT2D eigenvalue weighted by molar-refractivity contribution is 0.154. The van der Waals surface area contributed by atoms with Crippen LogP contribution in [0.4, 0.5) is 0 Å². The van der Waals surface area contributed by atoms with Crippen LogP contribution >= 0.6 is 0 Å². The fourth-order valence-corrected chi connectivity index (χ4v) is 2.04. The number of aliphatic hydroxyl groups excluding tert-OH is 1. The summed E-state index contributed by atoms with van der Waals surface area (Å²) >= 11 is 0. The Morgan fingerprint density at radius 1 is 1.53 bits per heavy atom. The summed E-state index contributed by atoms with van der Waals surface area (Å²) < 4.78 is 3.79. The SMILES string of the molecule is Cn1ncnc1Cn1ccc(C(O)C2CC2)c1. The first-order valence-corrected chi connectivity index (χ1v) is 5.90. The highest BCUT2D eigenvalue weighted by Gasteiger charge is 2.31. The van der Waals surface area contributed by atoms with Gasteiger partial charge in [-0.1, -0.05) is 0 Å². The average Bonchev–Trinajstić information content (AvgIpc) is 2.95. The van der Waals surface area contributed by atoms with E-state index in [4.69, 9.17) is 0 Å². The second kappa shape index (κ2) is 4.00. The fraction of sp³-hybridized carbons (Fsp3) is 0.500. The molecular weight excluding hydrogens is 216 g/mol. The summed E-state index contributed by atoms with van der Waals surface area (Å²) in [5.41, 5.74) is 1.01. The van der Waals surface area contributed by atoms with Crippen molar-refractivity contribution < 1.29 is 5.11 Å². The summed E-state index contributed by atoms with van der Waals surface area (Å²) in [5, 5.41) is 14.0. The Morgan fingerprint density at radius 3 is 3.00 bits per heavy atom. The molecule has 1 aliphatic carbocycles. The largest absolute Gasteiger partial charge is 0.388 e. The molecule has 0 bridgehead atoms. The van der Waals surface area contributed by atoms with E-state index in [2.05, 4.69) is 10.1 Å². The van der Waals surface area contributed by atoms with Crippen LogP contribution in [0.3, 0.4) is 0 Å². The zero-order valence-corrected chi connectivity index (χ0v) is 9.82. The van der Waals surface area contributed by atoms with Crippen molar-refractivity contribution in [2.24, 2.45) is 13.0 Å². The highest BCUT2D eigenvalue weighted by molar-refractivity contribution is 5.16. The highest BCUT2D eigenvalue weighted by atomic mass is 16.3. The molecule has 5 nitrogen and oxygen atoms in total. The lowest BCUT2D eigenvalue weighted by atomic mass is 10.1. The van der Waals surface area contributed by atoms with Crippen molar-refractivity contribution in [2.45, 2.75) is 25.5 Å². The molecule has 2 aromatic rings. The molecule has 0 radical (unpaired) electrons. The number of nitrogens with zero attached hydrogens (tertiary/aromatic N) is 4. The topological polar surface area (TPSA) is 55.9 Å². The monoisotopic (exact) mass is 232 g/mol. The number of hydrogen-bond acceptors (Lipinski definition) is 3. The number of hydrogen-bond donors (Lipinski definition) is 1. The second-order valence-corrected chi connectivity index (χ2v) is 4.70. The minimum atomic E-state index is -0.296. The van der Waals surface area contributed by atoms with E-state index < -0.39 is 0 Å². The Bertz CT molecular complexity index is 512. The predicted molar refractivity (Wildman–Crippen MR) is 62.2 cm³/mol. The van der Waals surface area contributed by atoms with Crippen LogP contribution < -0.4 is 0 Å². The van der Waals surface area contributed by atoms with Gasteiger partial charge in [0, 0.05) is 19.4 Å². The van der Waals surface area contributed by atoms with Gasteiger partial charge in [0.05, 0.1) is 12.6 Å². The normalized spacial score (nSPS) is 17.3. The zero-order chi connectivity index (χ0) is 11.8. The minimum Gasteiger partial charge on any atom is -0.388 e. The third-order valence-corrected chi connectivity index (χ3v) is 3.31. The molecule has 2 aromatic heterocycles. The van der Waals surface area contributed by atoms with Gasteiger partial charge in [-0.25, -0.2) is 4.98 Å². The predicted octanol–water partition coefficient (Wildman–Crippen LogP) is 1.11. The van der Waals surface area contributed by atoms with Crippen LogP contribution in [-0.4, -0.2) is 24.4 Å². The van der Waals surface area contributed by atoms with Gasteiger partial charge in [0.2, 0.25) is 0 Å². The van der Waals surface area contributed by atoms with Crippen molar-refractivity contribution in [3.63, 3.8) is 0 Å². The van der Waals surface area contributed by atoms with Crippen LogP contribution in [-0.2, 0) is 13.6 Å². The molecule has 0 saturated heterocycles. The van der Waals surface area contributed by atoms with Crippen molar-refractivity contribution in [1.29, 1.82) is 0 Å².